The highest BCUT2D eigenvalue weighted by Gasteiger charge is 2.22. The maximum absolute atomic E-state index is 12.3. The van der Waals surface area contributed by atoms with E-state index in [4.69, 9.17) is 9.05 Å². The molecule has 0 aliphatic heterocycles. The van der Waals surface area contributed by atoms with Crippen molar-refractivity contribution in [2.24, 2.45) is 0 Å². The van der Waals surface area contributed by atoms with Gasteiger partial charge in [0.15, 0.2) is 0 Å². The van der Waals surface area contributed by atoms with Gasteiger partial charge in [0, 0.05) is 24.9 Å². The van der Waals surface area contributed by atoms with Crippen LogP contribution in [0.4, 0.5) is 11.4 Å². The third-order valence-corrected chi connectivity index (χ3v) is 4.10. The van der Waals surface area contributed by atoms with Gasteiger partial charge in [-0.05, 0) is 18.2 Å². The van der Waals surface area contributed by atoms with Crippen molar-refractivity contribution in [1.29, 1.82) is 0 Å². The second-order valence-electron chi connectivity index (χ2n) is 4.77. The van der Waals surface area contributed by atoms with E-state index in [1.165, 1.54) is 49.1 Å². The van der Waals surface area contributed by atoms with Crippen molar-refractivity contribution in [3.8, 4) is 5.75 Å². The quantitative estimate of drug-likeness (QED) is 0.420. The molecule has 0 saturated heterocycles. The van der Waals surface area contributed by atoms with Crippen molar-refractivity contribution in [3.05, 3.63) is 74.3 Å². The third-order valence-electron chi connectivity index (χ3n) is 2.96. The van der Waals surface area contributed by atoms with Gasteiger partial charge in [-0.1, -0.05) is 12.1 Å². The summed E-state index contributed by atoms with van der Waals surface area (Å²) in [5.41, 5.74) is -0.0150. The number of nitro benzene ring substituents is 2. The van der Waals surface area contributed by atoms with Crippen molar-refractivity contribution in [2.75, 3.05) is 6.66 Å². The van der Waals surface area contributed by atoms with Gasteiger partial charge in [-0.3, -0.25) is 24.8 Å². The fourth-order valence-corrected chi connectivity index (χ4v) is 2.78. The van der Waals surface area contributed by atoms with E-state index in [0.717, 1.165) is 0 Å². The standard InChI is InChI=1S/C14H13N2O7P/c1-24(21,23-13-8-6-12(7-9-13)15(17)18)22-10-11-4-2-3-5-14(11)16(19)20/h2-9H,10H2,1H3/t24-/m0/s1. The van der Waals surface area contributed by atoms with Crippen molar-refractivity contribution in [1.82, 2.24) is 0 Å². The van der Waals surface area contributed by atoms with E-state index in [1.54, 1.807) is 6.07 Å². The van der Waals surface area contributed by atoms with Crippen molar-refractivity contribution in [3.63, 3.8) is 0 Å². The number of para-hydroxylation sites is 1. The van der Waals surface area contributed by atoms with Gasteiger partial charge >= 0.3 is 7.60 Å². The van der Waals surface area contributed by atoms with Gasteiger partial charge in [0.25, 0.3) is 11.4 Å². The highest BCUT2D eigenvalue weighted by Crippen LogP contribution is 2.45. The fraction of sp³-hybridized carbons (Fsp3) is 0.143. The Morgan fingerprint density at radius 2 is 1.62 bits per heavy atom. The van der Waals surface area contributed by atoms with Crippen LogP contribution in [0.5, 0.6) is 5.75 Å². The monoisotopic (exact) mass is 352 g/mol. The summed E-state index contributed by atoms with van der Waals surface area (Å²) in [4.78, 5) is 20.4. The van der Waals surface area contributed by atoms with Gasteiger partial charge in [0.05, 0.1) is 22.0 Å². The Hall–Kier alpha value is -2.77. The van der Waals surface area contributed by atoms with E-state index >= 15 is 0 Å². The molecule has 0 bridgehead atoms. The Labute approximate surface area is 136 Å². The molecular weight excluding hydrogens is 339 g/mol. The first kappa shape index (κ1) is 17.6. The first-order chi connectivity index (χ1) is 11.3. The lowest BCUT2D eigenvalue weighted by atomic mass is 10.2. The molecule has 24 heavy (non-hydrogen) atoms. The highest BCUT2D eigenvalue weighted by molar-refractivity contribution is 7.53. The average molecular weight is 352 g/mol. The molecule has 0 spiro atoms. The smallest absolute Gasteiger partial charge is 0.376 e. The predicted molar refractivity (Wildman–Crippen MR) is 85.1 cm³/mol. The number of nitro groups is 2. The van der Waals surface area contributed by atoms with Gasteiger partial charge < -0.3 is 4.52 Å². The summed E-state index contributed by atoms with van der Waals surface area (Å²) >= 11 is 0. The Kier molecular flexibility index (Phi) is 5.28. The number of hydrogen-bond donors (Lipinski definition) is 0. The lowest BCUT2D eigenvalue weighted by Crippen LogP contribution is -2.00. The molecule has 0 aliphatic carbocycles. The number of benzene rings is 2. The molecular formula is C14H13N2O7P. The molecule has 0 fully saturated rings. The molecule has 0 heterocycles. The highest BCUT2D eigenvalue weighted by atomic mass is 31.2. The second kappa shape index (κ2) is 7.20. The fourth-order valence-electron chi connectivity index (χ4n) is 1.84. The van der Waals surface area contributed by atoms with Crippen LogP contribution in [-0.4, -0.2) is 16.5 Å². The van der Waals surface area contributed by atoms with Crippen LogP contribution >= 0.6 is 7.60 Å². The molecule has 0 unspecified atom stereocenters. The predicted octanol–water partition coefficient (Wildman–Crippen LogP) is 3.92. The molecule has 2 aromatic rings. The summed E-state index contributed by atoms with van der Waals surface area (Å²) in [7, 11) is -3.56. The molecule has 0 aromatic heterocycles. The van der Waals surface area contributed by atoms with E-state index in [9.17, 15) is 24.8 Å². The molecule has 0 amide bonds. The molecule has 1 atom stereocenters. The maximum Gasteiger partial charge on any atom is 0.376 e. The second-order valence-corrected chi connectivity index (χ2v) is 6.76. The summed E-state index contributed by atoms with van der Waals surface area (Å²) in [5.74, 6) is 0.133. The van der Waals surface area contributed by atoms with Gasteiger partial charge in [-0.25, -0.2) is 4.57 Å². The minimum Gasteiger partial charge on any atom is -0.425 e. The first-order valence-corrected chi connectivity index (χ1v) is 8.66. The molecule has 0 aliphatic rings. The molecule has 0 N–H and O–H groups in total. The van der Waals surface area contributed by atoms with Gasteiger partial charge in [-0.15, -0.1) is 0 Å². The van der Waals surface area contributed by atoms with Crippen LogP contribution in [0.25, 0.3) is 0 Å². The van der Waals surface area contributed by atoms with E-state index in [0.29, 0.717) is 0 Å². The number of rotatable bonds is 7. The number of hydrogen-bond acceptors (Lipinski definition) is 7. The van der Waals surface area contributed by atoms with Crippen LogP contribution < -0.4 is 4.52 Å². The zero-order valence-electron chi connectivity index (χ0n) is 12.5. The van der Waals surface area contributed by atoms with Gasteiger partial charge in [0.1, 0.15) is 5.75 Å². The minimum absolute atomic E-state index is 0.130. The normalized spacial score (nSPS) is 13.0. The molecule has 0 radical (unpaired) electrons. The molecule has 9 nitrogen and oxygen atoms in total. The van der Waals surface area contributed by atoms with Gasteiger partial charge in [-0.2, -0.15) is 0 Å². The van der Waals surface area contributed by atoms with Crippen molar-refractivity contribution in [2.45, 2.75) is 6.61 Å². The maximum atomic E-state index is 12.3. The summed E-state index contributed by atoms with van der Waals surface area (Å²) < 4.78 is 22.7. The van der Waals surface area contributed by atoms with E-state index in [1.807, 2.05) is 0 Å². The Morgan fingerprint density at radius 1 is 1.00 bits per heavy atom. The SMILES string of the molecule is C[P@](=O)(OCc1ccccc1[N+](=O)[O-])Oc1ccc([N+](=O)[O-])cc1. The lowest BCUT2D eigenvalue weighted by Gasteiger charge is -2.15. The van der Waals surface area contributed by atoms with Gasteiger partial charge in [0.2, 0.25) is 0 Å². The number of non-ortho nitro benzene ring substituents is 1. The Bertz CT molecular complexity index is 807. The topological polar surface area (TPSA) is 122 Å². The summed E-state index contributed by atoms with van der Waals surface area (Å²) in [6, 6.07) is 10.9. The Morgan fingerprint density at radius 3 is 2.21 bits per heavy atom. The molecule has 2 rings (SSSR count). The summed E-state index contributed by atoms with van der Waals surface area (Å²) in [6.07, 6.45) is 0. The molecule has 2 aromatic carbocycles. The molecule has 10 heteroatoms. The summed E-state index contributed by atoms with van der Waals surface area (Å²) in [6.45, 7) is 0.946. The van der Waals surface area contributed by atoms with Crippen molar-refractivity contribution < 1.29 is 23.5 Å². The molecule has 126 valence electrons. The first-order valence-electron chi connectivity index (χ1n) is 6.67. The zero-order chi connectivity index (χ0) is 17.7. The minimum atomic E-state index is -3.56. The largest absolute Gasteiger partial charge is 0.425 e. The van der Waals surface area contributed by atoms with E-state index < -0.39 is 17.4 Å². The lowest BCUT2D eigenvalue weighted by molar-refractivity contribution is -0.385. The average Bonchev–Trinajstić information content (AvgIpc) is 2.53. The van der Waals surface area contributed by atoms with Crippen LogP contribution in [0.3, 0.4) is 0 Å². The van der Waals surface area contributed by atoms with Crippen LogP contribution in [0, 0.1) is 20.2 Å². The van der Waals surface area contributed by atoms with E-state index in [2.05, 4.69) is 0 Å². The zero-order valence-corrected chi connectivity index (χ0v) is 13.4. The van der Waals surface area contributed by atoms with Crippen LogP contribution in [-0.2, 0) is 15.7 Å². The summed E-state index contributed by atoms with van der Waals surface area (Å²) in [5, 5.41) is 21.5. The molecule has 0 saturated carbocycles. The Balaban J connectivity index is 2.05. The van der Waals surface area contributed by atoms with E-state index in [-0.39, 0.29) is 29.3 Å². The van der Waals surface area contributed by atoms with Crippen molar-refractivity contribution >= 4 is 19.0 Å². The van der Waals surface area contributed by atoms with Crippen LogP contribution in [0.2, 0.25) is 0 Å². The number of nitrogens with zero attached hydrogens (tertiary/aromatic N) is 2. The van der Waals surface area contributed by atoms with Crippen LogP contribution in [0.15, 0.2) is 48.5 Å². The van der Waals surface area contributed by atoms with Crippen LogP contribution in [0.1, 0.15) is 5.56 Å². The third kappa shape index (κ3) is 4.61.